The van der Waals surface area contributed by atoms with E-state index in [9.17, 15) is 4.79 Å². The molecule has 0 saturated carbocycles. The molecule has 0 radical (unpaired) electrons. The van der Waals surface area contributed by atoms with Gasteiger partial charge in [-0.15, -0.1) is 5.10 Å². The third-order valence-electron chi connectivity index (χ3n) is 3.41. The highest BCUT2D eigenvalue weighted by Gasteiger charge is 2.21. The van der Waals surface area contributed by atoms with Gasteiger partial charge in [0.15, 0.2) is 11.6 Å². The lowest BCUT2D eigenvalue weighted by Gasteiger charge is -2.03. The van der Waals surface area contributed by atoms with Gasteiger partial charge in [0, 0.05) is 5.56 Å². The summed E-state index contributed by atoms with van der Waals surface area (Å²) in [6.07, 6.45) is 2.39. The summed E-state index contributed by atoms with van der Waals surface area (Å²) in [4.78, 5) is 16.9. The van der Waals surface area contributed by atoms with Crippen molar-refractivity contribution in [3.8, 4) is 17.4 Å². The number of rotatable bonds is 5. The van der Waals surface area contributed by atoms with Gasteiger partial charge < -0.3 is 9.15 Å². The number of aromatic nitrogens is 3. The van der Waals surface area contributed by atoms with Crippen LogP contribution in [0, 0.1) is 0 Å². The Balaban J connectivity index is 2.05. The molecule has 6 heteroatoms. The molecule has 0 spiro atoms. The predicted octanol–water partition coefficient (Wildman–Crippen LogP) is 3.19. The van der Waals surface area contributed by atoms with Crippen molar-refractivity contribution in [2.75, 3.05) is 6.61 Å². The van der Waals surface area contributed by atoms with Gasteiger partial charge in [-0.05, 0) is 31.0 Å². The van der Waals surface area contributed by atoms with Gasteiger partial charge in [0.05, 0.1) is 12.9 Å². The summed E-state index contributed by atoms with van der Waals surface area (Å²) in [5.41, 5.74) is 2.00. The zero-order chi connectivity index (χ0) is 16.2. The molecule has 2 heterocycles. The lowest BCUT2D eigenvalue weighted by Crippen LogP contribution is -2.14. The molecule has 2 aromatic heterocycles. The first-order valence-electron chi connectivity index (χ1n) is 7.50. The Labute approximate surface area is 133 Å². The van der Waals surface area contributed by atoms with Crippen LogP contribution in [0.2, 0.25) is 0 Å². The number of carbonyl (C=O) groups is 1. The van der Waals surface area contributed by atoms with Crippen molar-refractivity contribution in [3.63, 3.8) is 0 Å². The van der Waals surface area contributed by atoms with Gasteiger partial charge >= 0.3 is 11.9 Å². The highest BCUT2D eigenvalue weighted by atomic mass is 16.5. The largest absolute Gasteiger partial charge is 0.463 e. The SMILES string of the molecule is CCOc1nc(-c2ccc(CC)cc2)n(C(=O)c2ccco2)n1. The van der Waals surface area contributed by atoms with E-state index < -0.39 is 0 Å². The van der Waals surface area contributed by atoms with Crippen LogP contribution < -0.4 is 4.74 Å². The molecule has 0 saturated heterocycles. The van der Waals surface area contributed by atoms with Gasteiger partial charge in [-0.1, -0.05) is 31.2 Å². The highest BCUT2D eigenvalue weighted by molar-refractivity contribution is 5.94. The summed E-state index contributed by atoms with van der Waals surface area (Å²) in [5, 5.41) is 4.15. The summed E-state index contributed by atoms with van der Waals surface area (Å²) in [6.45, 7) is 4.35. The smallest absolute Gasteiger partial charge is 0.336 e. The Kier molecular flexibility index (Phi) is 4.23. The maximum absolute atomic E-state index is 12.6. The molecule has 0 bridgehead atoms. The predicted molar refractivity (Wildman–Crippen MR) is 84.4 cm³/mol. The molecule has 0 amide bonds. The molecule has 3 rings (SSSR count). The maximum atomic E-state index is 12.6. The van der Waals surface area contributed by atoms with Crippen molar-refractivity contribution in [3.05, 3.63) is 54.0 Å². The van der Waals surface area contributed by atoms with Crippen molar-refractivity contribution >= 4 is 5.91 Å². The average molecular weight is 311 g/mol. The molecule has 6 nitrogen and oxygen atoms in total. The number of nitrogens with zero attached hydrogens (tertiary/aromatic N) is 3. The summed E-state index contributed by atoms with van der Waals surface area (Å²) < 4.78 is 11.7. The van der Waals surface area contributed by atoms with Crippen LogP contribution in [0.15, 0.2) is 47.1 Å². The van der Waals surface area contributed by atoms with E-state index in [1.807, 2.05) is 31.2 Å². The third-order valence-corrected chi connectivity index (χ3v) is 3.41. The van der Waals surface area contributed by atoms with Crippen molar-refractivity contribution in [1.29, 1.82) is 0 Å². The van der Waals surface area contributed by atoms with E-state index in [0.29, 0.717) is 12.4 Å². The van der Waals surface area contributed by atoms with Crippen LogP contribution in [-0.4, -0.2) is 27.3 Å². The Morgan fingerprint density at radius 1 is 1.22 bits per heavy atom. The Morgan fingerprint density at radius 2 is 2.00 bits per heavy atom. The molecule has 0 atom stereocenters. The molecule has 0 unspecified atom stereocenters. The minimum Gasteiger partial charge on any atom is -0.463 e. The van der Waals surface area contributed by atoms with E-state index in [1.54, 1.807) is 12.1 Å². The van der Waals surface area contributed by atoms with E-state index in [0.717, 1.165) is 12.0 Å². The summed E-state index contributed by atoms with van der Waals surface area (Å²) in [7, 11) is 0. The van der Waals surface area contributed by atoms with E-state index >= 15 is 0 Å². The van der Waals surface area contributed by atoms with Gasteiger partial charge in [0.25, 0.3) is 0 Å². The van der Waals surface area contributed by atoms with Crippen LogP contribution in [0.1, 0.15) is 30.0 Å². The molecule has 1 aromatic carbocycles. The number of benzene rings is 1. The second-order valence-corrected chi connectivity index (χ2v) is 4.90. The monoisotopic (exact) mass is 311 g/mol. The summed E-state index contributed by atoms with van der Waals surface area (Å²) in [6, 6.07) is 11.3. The van der Waals surface area contributed by atoms with E-state index in [2.05, 4.69) is 17.0 Å². The normalized spacial score (nSPS) is 10.7. The minimum atomic E-state index is -0.386. The van der Waals surface area contributed by atoms with Gasteiger partial charge in [0.2, 0.25) is 0 Å². The molecule has 0 N–H and O–H groups in total. The molecular formula is C17H17N3O3. The second-order valence-electron chi connectivity index (χ2n) is 4.90. The van der Waals surface area contributed by atoms with Crippen LogP contribution in [0.4, 0.5) is 0 Å². The fourth-order valence-electron chi connectivity index (χ4n) is 2.21. The number of hydrogen-bond donors (Lipinski definition) is 0. The number of aryl methyl sites for hydroxylation is 1. The second kappa shape index (κ2) is 6.48. The fraction of sp³-hybridized carbons (Fsp3) is 0.235. The number of furan rings is 1. The van der Waals surface area contributed by atoms with Crippen molar-refractivity contribution in [2.24, 2.45) is 0 Å². The molecule has 0 fully saturated rings. The topological polar surface area (TPSA) is 70.2 Å². The molecular weight excluding hydrogens is 294 g/mol. The summed E-state index contributed by atoms with van der Waals surface area (Å²) >= 11 is 0. The zero-order valence-corrected chi connectivity index (χ0v) is 13.0. The average Bonchev–Trinajstić information content (AvgIpc) is 3.24. The van der Waals surface area contributed by atoms with Crippen LogP contribution in [0.3, 0.4) is 0 Å². The van der Waals surface area contributed by atoms with Crippen molar-refractivity contribution < 1.29 is 13.9 Å². The van der Waals surface area contributed by atoms with E-state index in [1.165, 1.54) is 16.5 Å². The lowest BCUT2D eigenvalue weighted by molar-refractivity contribution is 0.0917. The fourth-order valence-corrected chi connectivity index (χ4v) is 2.21. The zero-order valence-electron chi connectivity index (χ0n) is 13.0. The molecule has 118 valence electrons. The summed E-state index contributed by atoms with van der Waals surface area (Å²) in [5.74, 6) is 0.241. The Bertz CT molecular complexity index is 789. The number of hydrogen-bond acceptors (Lipinski definition) is 5. The molecule has 23 heavy (non-hydrogen) atoms. The first-order chi connectivity index (χ1) is 11.2. The number of ether oxygens (including phenoxy) is 1. The maximum Gasteiger partial charge on any atom is 0.336 e. The quantitative estimate of drug-likeness (QED) is 0.723. The molecule has 0 aliphatic rings. The van der Waals surface area contributed by atoms with Crippen LogP contribution >= 0.6 is 0 Å². The standard InChI is InChI=1S/C17H17N3O3/c1-3-12-7-9-13(10-8-12)15-18-17(22-4-2)19-20(15)16(21)14-6-5-11-23-14/h5-11H,3-4H2,1-2H3. The van der Waals surface area contributed by atoms with Gasteiger partial charge in [-0.25, -0.2) is 0 Å². The molecule has 0 aliphatic carbocycles. The molecule has 0 aliphatic heterocycles. The van der Waals surface area contributed by atoms with Crippen molar-refractivity contribution in [1.82, 2.24) is 14.8 Å². The Morgan fingerprint density at radius 3 is 2.61 bits per heavy atom. The van der Waals surface area contributed by atoms with Crippen LogP contribution in [0.25, 0.3) is 11.4 Å². The Hall–Kier alpha value is -2.89. The van der Waals surface area contributed by atoms with Crippen LogP contribution in [-0.2, 0) is 6.42 Å². The highest BCUT2D eigenvalue weighted by Crippen LogP contribution is 2.22. The van der Waals surface area contributed by atoms with Crippen LogP contribution in [0.5, 0.6) is 6.01 Å². The lowest BCUT2D eigenvalue weighted by atomic mass is 10.1. The number of carbonyl (C=O) groups excluding carboxylic acids is 1. The first-order valence-corrected chi connectivity index (χ1v) is 7.50. The van der Waals surface area contributed by atoms with Gasteiger partial charge in [0.1, 0.15) is 0 Å². The minimum absolute atomic E-state index is 0.168. The van der Waals surface area contributed by atoms with Gasteiger partial charge in [-0.3, -0.25) is 4.79 Å². The van der Waals surface area contributed by atoms with Crippen molar-refractivity contribution in [2.45, 2.75) is 20.3 Å². The van der Waals surface area contributed by atoms with E-state index in [-0.39, 0.29) is 17.7 Å². The third kappa shape index (κ3) is 3.01. The first kappa shape index (κ1) is 15.0. The van der Waals surface area contributed by atoms with E-state index in [4.69, 9.17) is 9.15 Å². The molecule has 3 aromatic rings. The van der Waals surface area contributed by atoms with Gasteiger partial charge in [-0.2, -0.15) is 9.67 Å².